The lowest BCUT2D eigenvalue weighted by atomic mass is 10.2. The van der Waals surface area contributed by atoms with Crippen LogP contribution < -0.4 is 5.32 Å². The van der Waals surface area contributed by atoms with E-state index in [-0.39, 0.29) is 24.3 Å². The fourth-order valence-corrected chi connectivity index (χ4v) is 1.98. The molecule has 0 atom stereocenters. The minimum absolute atomic E-state index is 0.0655. The molecule has 1 N–H and O–H groups in total. The van der Waals surface area contributed by atoms with Crippen LogP contribution in [0.2, 0.25) is 5.02 Å². The Bertz CT molecular complexity index is 417. The normalized spacial score (nSPS) is 11.1. The molecule has 5 heteroatoms. The lowest BCUT2D eigenvalue weighted by Gasteiger charge is -2.21. The van der Waals surface area contributed by atoms with Crippen LogP contribution in [0, 0.1) is 5.82 Å². The van der Waals surface area contributed by atoms with Crippen LogP contribution in [0.15, 0.2) is 18.2 Å². The summed E-state index contributed by atoms with van der Waals surface area (Å²) in [6.07, 6.45) is 0. The molecule has 1 amide bonds. The van der Waals surface area contributed by atoms with E-state index < -0.39 is 0 Å². The molecule has 0 heterocycles. The van der Waals surface area contributed by atoms with E-state index in [1.807, 2.05) is 25.7 Å². The van der Waals surface area contributed by atoms with E-state index >= 15 is 0 Å². The van der Waals surface area contributed by atoms with Crippen molar-refractivity contribution in [3.63, 3.8) is 0 Å². The Morgan fingerprint density at radius 2 is 2.16 bits per heavy atom. The predicted molar refractivity (Wildman–Crippen MR) is 75.6 cm³/mol. The molecule has 0 bridgehead atoms. The minimum atomic E-state index is -0.338. The number of amides is 1. The number of rotatable bonds is 6. The predicted octanol–water partition coefficient (Wildman–Crippen LogP) is 2.83. The van der Waals surface area contributed by atoms with Gasteiger partial charge < -0.3 is 5.32 Å². The number of hydrogen-bond donors (Lipinski definition) is 1. The standard InChI is InChI=1S/C14H20ClFN2O/c1-4-18(9-14(19)17-10(2)3)8-11-12(15)6-5-7-13(11)16/h5-7,10H,4,8-9H2,1-3H3,(H,17,19). The molecule has 0 aromatic heterocycles. The zero-order chi connectivity index (χ0) is 14.4. The fourth-order valence-electron chi connectivity index (χ4n) is 1.76. The molecule has 1 rings (SSSR count). The van der Waals surface area contributed by atoms with Gasteiger partial charge in [-0.3, -0.25) is 9.69 Å². The van der Waals surface area contributed by atoms with Crippen molar-refractivity contribution in [3.05, 3.63) is 34.6 Å². The average molecular weight is 287 g/mol. The molecule has 0 saturated carbocycles. The highest BCUT2D eigenvalue weighted by atomic mass is 35.5. The quantitative estimate of drug-likeness (QED) is 0.872. The van der Waals surface area contributed by atoms with Crippen LogP contribution >= 0.6 is 11.6 Å². The summed E-state index contributed by atoms with van der Waals surface area (Å²) >= 11 is 5.98. The number of nitrogens with one attached hydrogen (secondary N) is 1. The van der Waals surface area contributed by atoms with E-state index in [1.165, 1.54) is 6.07 Å². The maximum absolute atomic E-state index is 13.7. The first-order chi connectivity index (χ1) is 8.93. The SMILES string of the molecule is CCN(CC(=O)NC(C)C)Cc1c(F)cccc1Cl. The van der Waals surface area contributed by atoms with Crippen LogP contribution in [-0.2, 0) is 11.3 Å². The molecule has 0 unspecified atom stereocenters. The number of nitrogens with zero attached hydrogens (tertiary/aromatic N) is 1. The monoisotopic (exact) mass is 286 g/mol. The van der Waals surface area contributed by atoms with Crippen LogP contribution in [0.5, 0.6) is 0 Å². The third kappa shape index (κ3) is 5.17. The first-order valence-corrected chi connectivity index (χ1v) is 6.76. The Kier molecular flexibility index (Phi) is 6.25. The summed E-state index contributed by atoms with van der Waals surface area (Å²) in [6, 6.07) is 4.71. The number of hydrogen-bond acceptors (Lipinski definition) is 2. The number of carbonyl (C=O) groups excluding carboxylic acids is 1. The Hall–Kier alpha value is -1.13. The van der Waals surface area contributed by atoms with E-state index in [2.05, 4.69) is 5.32 Å². The molecule has 0 spiro atoms. The van der Waals surface area contributed by atoms with Crippen LogP contribution in [0.1, 0.15) is 26.3 Å². The van der Waals surface area contributed by atoms with Crippen LogP contribution in [0.25, 0.3) is 0 Å². The Balaban J connectivity index is 2.69. The van der Waals surface area contributed by atoms with E-state index in [1.54, 1.807) is 12.1 Å². The van der Waals surface area contributed by atoms with Gasteiger partial charge in [-0.2, -0.15) is 0 Å². The summed E-state index contributed by atoms with van der Waals surface area (Å²) in [5.41, 5.74) is 0.434. The zero-order valence-corrected chi connectivity index (χ0v) is 12.3. The van der Waals surface area contributed by atoms with Gasteiger partial charge in [-0.25, -0.2) is 4.39 Å². The van der Waals surface area contributed by atoms with Gasteiger partial charge in [0.05, 0.1) is 6.54 Å². The second-order valence-electron chi connectivity index (χ2n) is 4.73. The molecule has 0 aliphatic rings. The smallest absolute Gasteiger partial charge is 0.234 e. The van der Waals surface area contributed by atoms with Gasteiger partial charge in [0.1, 0.15) is 5.82 Å². The Morgan fingerprint density at radius 3 is 2.68 bits per heavy atom. The van der Waals surface area contributed by atoms with Gasteiger partial charge in [0.15, 0.2) is 0 Å². The summed E-state index contributed by atoms with van der Waals surface area (Å²) in [7, 11) is 0. The molecule has 0 radical (unpaired) electrons. The lowest BCUT2D eigenvalue weighted by Crippen LogP contribution is -2.39. The highest BCUT2D eigenvalue weighted by Gasteiger charge is 2.14. The van der Waals surface area contributed by atoms with Crippen molar-refractivity contribution >= 4 is 17.5 Å². The Labute approximate surface area is 118 Å². The topological polar surface area (TPSA) is 32.3 Å². The summed E-state index contributed by atoms with van der Waals surface area (Å²) in [5.74, 6) is -0.403. The van der Waals surface area contributed by atoms with Crippen LogP contribution in [0.3, 0.4) is 0 Å². The van der Waals surface area contributed by atoms with Crippen LogP contribution in [0.4, 0.5) is 4.39 Å². The fraction of sp³-hybridized carbons (Fsp3) is 0.500. The first-order valence-electron chi connectivity index (χ1n) is 6.38. The largest absolute Gasteiger partial charge is 0.353 e. The summed E-state index contributed by atoms with van der Waals surface area (Å²) in [6.45, 7) is 6.95. The molecule has 0 aliphatic carbocycles. The van der Waals surface area contributed by atoms with Crippen molar-refractivity contribution in [1.29, 1.82) is 0 Å². The van der Waals surface area contributed by atoms with Crippen molar-refractivity contribution in [1.82, 2.24) is 10.2 Å². The third-order valence-corrected chi connectivity index (χ3v) is 3.06. The van der Waals surface area contributed by atoms with Gasteiger partial charge in [-0.15, -0.1) is 0 Å². The molecule has 0 saturated heterocycles. The zero-order valence-electron chi connectivity index (χ0n) is 11.5. The molecule has 1 aromatic carbocycles. The van der Waals surface area contributed by atoms with Crippen molar-refractivity contribution in [2.75, 3.05) is 13.1 Å². The average Bonchev–Trinajstić information content (AvgIpc) is 2.31. The van der Waals surface area contributed by atoms with Crippen molar-refractivity contribution in [3.8, 4) is 0 Å². The van der Waals surface area contributed by atoms with E-state index in [4.69, 9.17) is 11.6 Å². The van der Waals surface area contributed by atoms with E-state index in [0.29, 0.717) is 23.7 Å². The van der Waals surface area contributed by atoms with Gasteiger partial charge in [0, 0.05) is 23.2 Å². The minimum Gasteiger partial charge on any atom is -0.353 e. The maximum Gasteiger partial charge on any atom is 0.234 e. The Morgan fingerprint density at radius 1 is 1.47 bits per heavy atom. The molecule has 0 aliphatic heterocycles. The number of benzene rings is 1. The molecule has 19 heavy (non-hydrogen) atoms. The third-order valence-electron chi connectivity index (χ3n) is 2.71. The van der Waals surface area contributed by atoms with Gasteiger partial charge >= 0.3 is 0 Å². The first kappa shape index (κ1) is 15.9. The summed E-state index contributed by atoms with van der Waals surface area (Å²) < 4.78 is 13.7. The number of halogens is 2. The van der Waals surface area contributed by atoms with Crippen molar-refractivity contribution < 1.29 is 9.18 Å². The molecule has 1 aromatic rings. The lowest BCUT2D eigenvalue weighted by molar-refractivity contribution is -0.122. The maximum atomic E-state index is 13.7. The van der Waals surface area contributed by atoms with Gasteiger partial charge in [-0.05, 0) is 32.5 Å². The van der Waals surface area contributed by atoms with E-state index in [9.17, 15) is 9.18 Å². The number of likely N-dealkylation sites (N-methyl/N-ethyl adjacent to an activating group) is 1. The van der Waals surface area contributed by atoms with Crippen molar-refractivity contribution in [2.24, 2.45) is 0 Å². The van der Waals surface area contributed by atoms with Gasteiger partial charge in [0.25, 0.3) is 0 Å². The molecule has 0 fully saturated rings. The highest BCUT2D eigenvalue weighted by molar-refractivity contribution is 6.31. The van der Waals surface area contributed by atoms with Crippen molar-refractivity contribution in [2.45, 2.75) is 33.4 Å². The second-order valence-corrected chi connectivity index (χ2v) is 5.13. The summed E-state index contributed by atoms with van der Waals surface area (Å²) in [5, 5.41) is 3.21. The number of carbonyl (C=O) groups is 1. The van der Waals surface area contributed by atoms with Gasteiger partial charge in [-0.1, -0.05) is 24.6 Å². The van der Waals surface area contributed by atoms with E-state index in [0.717, 1.165) is 0 Å². The highest BCUT2D eigenvalue weighted by Crippen LogP contribution is 2.20. The second kappa shape index (κ2) is 7.46. The summed E-state index contributed by atoms with van der Waals surface area (Å²) in [4.78, 5) is 13.6. The molecular formula is C14H20ClFN2O. The molecule has 106 valence electrons. The molecular weight excluding hydrogens is 267 g/mol. The van der Waals surface area contributed by atoms with Crippen LogP contribution in [-0.4, -0.2) is 29.9 Å². The molecule has 3 nitrogen and oxygen atoms in total. The van der Waals surface area contributed by atoms with Gasteiger partial charge in [0.2, 0.25) is 5.91 Å².